The zero-order valence-corrected chi connectivity index (χ0v) is 9.15. The number of rotatable bonds is 1. The van der Waals surface area contributed by atoms with Crippen LogP contribution in [0, 0.1) is 0 Å². The lowest BCUT2D eigenvalue weighted by atomic mass is 10.1. The molecule has 1 N–H and O–H groups in total. The molecule has 1 aromatic heterocycles. The summed E-state index contributed by atoms with van der Waals surface area (Å²) in [4.78, 5) is 11.2. The van der Waals surface area contributed by atoms with Crippen LogP contribution in [0.25, 0.3) is 11.0 Å². The van der Waals surface area contributed by atoms with E-state index in [-0.39, 0.29) is 11.3 Å². The van der Waals surface area contributed by atoms with Crippen molar-refractivity contribution >= 4 is 11.0 Å². The fourth-order valence-corrected chi connectivity index (χ4v) is 2.11. The Kier molecular flexibility index (Phi) is 2.01. The van der Waals surface area contributed by atoms with Crippen LogP contribution in [0.1, 0.15) is 5.56 Å². The number of hydrogen-bond donors (Lipinski definition) is 1. The van der Waals surface area contributed by atoms with Crippen molar-refractivity contribution in [3.8, 4) is 17.2 Å². The van der Waals surface area contributed by atoms with Crippen molar-refractivity contribution in [3.05, 3.63) is 28.1 Å². The first-order valence-electron chi connectivity index (χ1n) is 5.21. The molecule has 0 atom stereocenters. The maximum Gasteiger partial charge on any atom is 0.336 e. The van der Waals surface area contributed by atoms with E-state index in [0.717, 1.165) is 0 Å². The lowest BCUT2D eigenvalue weighted by Gasteiger charge is -2.10. The van der Waals surface area contributed by atoms with Crippen molar-refractivity contribution in [2.24, 2.45) is 0 Å². The normalized spacial score (nSPS) is 13.5. The largest absolute Gasteiger partial charge is 0.507 e. The smallest absolute Gasteiger partial charge is 0.336 e. The van der Waals surface area contributed by atoms with Gasteiger partial charge in [-0.25, -0.2) is 4.79 Å². The molecule has 88 valence electrons. The summed E-state index contributed by atoms with van der Waals surface area (Å²) in [5, 5.41) is 10.5. The van der Waals surface area contributed by atoms with Gasteiger partial charge in [-0.3, -0.25) is 0 Å². The van der Waals surface area contributed by atoms with Gasteiger partial charge in [0.15, 0.2) is 11.3 Å². The molecule has 1 aromatic carbocycles. The minimum atomic E-state index is -0.492. The van der Waals surface area contributed by atoms with Gasteiger partial charge in [0.2, 0.25) is 5.75 Å². The SMILES string of the molecule is COc1c2c(c(O)c3ccc(=O)oc13)CCO2. The highest BCUT2D eigenvalue weighted by molar-refractivity contribution is 5.93. The van der Waals surface area contributed by atoms with E-state index in [1.165, 1.54) is 19.2 Å². The van der Waals surface area contributed by atoms with Crippen molar-refractivity contribution in [3.63, 3.8) is 0 Å². The van der Waals surface area contributed by atoms with Gasteiger partial charge in [0.25, 0.3) is 0 Å². The number of fused-ring (bicyclic) bond motifs is 2. The molecule has 1 aliphatic rings. The molecular weight excluding hydrogens is 224 g/mol. The van der Waals surface area contributed by atoms with Gasteiger partial charge < -0.3 is 19.0 Å². The van der Waals surface area contributed by atoms with Gasteiger partial charge in [0.1, 0.15) is 5.75 Å². The van der Waals surface area contributed by atoms with E-state index in [4.69, 9.17) is 13.9 Å². The molecule has 0 bridgehead atoms. The van der Waals surface area contributed by atoms with Crippen LogP contribution < -0.4 is 15.1 Å². The molecule has 0 saturated carbocycles. The van der Waals surface area contributed by atoms with E-state index >= 15 is 0 Å². The molecule has 1 aliphatic heterocycles. The molecule has 0 fully saturated rings. The van der Waals surface area contributed by atoms with Crippen molar-refractivity contribution in [1.82, 2.24) is 0 Å². The third kappa shape index (κ3) is 1.28. The number of ether oxygens (including phenoxy) is 2. The second-order valence-electron chi connectivity index (χ2n) is 3.79. The second-order valence-corrected chi connectivity index (χ2v) is 3.79. The predicted octanol–water partition coefficient (Wildman–Crippen LogP) is 1.44. The van der Waals surface area contributed by atoms with E-state index in [9.17, 15) is 9.90 Å². The Labute approximate surface area is 96.2 Å². The molecule has 0 saturated heterocycles. The quantitative estimate of drug-likeness (QED) is 0.756. The molecule has 5 nitrogen and oxygen atoms in total. The summed E-state index contributed by atoms with van der Waals surface area (Å²) in [6.07, 6.45) is 0.618. The summed E-state index contributed by atoms with van der Waals surface area (Å²) in [7, 11) is 1.47. The molecule has 3 rings (SSSR count). The minimum Gasteiger partial charge on any atom is -0.507 e. The summed E-state index contributed by atoms with van der Waals surface area (Å²) < 4.78 is 15.7. The second kappa shape index (κ2) is 3.41. The zero-order chi connectivity index (χ0) is 12.0. The zero-order valence-electron chi connectivity index (χ0n) is 9.15. The van der Waals surface area contributed by atoms with Crippen molar-refractivity contribution < 1.29 is 19.0 Å². The van der Waals surface area contributed by atoms with Gasteiger partial charge in [-0.1, -0.05) is 0 Å². The molecule has 17 heavy (non-hydrogen) atoms. The average Bonchev–Trinajstić information content (AvgIpc) is 2.79. The lowest BCUT2D eigenvalue weighted by molar-refractivity contribution is 0.324. The van der Waals surface area contributed by atoms with Crippen LogP contribution in [0.2, 0.25) is 0 Å². The van der Waals surface area contributed by atoms with E-state index < -0.39 is 5.63 Å². The summed E-state index contributed by atoms with van der Waals surface area (Å²) in [5.74, 6) is 0.923. The van der Waals surface area contributed by atoms with Crippen LogP contribution in [0.4, 0.5) is 0 Å². The summed E-state index contributed by atoms with van der Waals surface area (Å²) in [6.45, 7) is 0.486. The van der Waals surface area contributed by atoms with Crippen LogP contribution in [0.15, 0.2) is 21.3 Å². The number of methoxy groups -OCH3 is 1. The molecule has 0 unspecified atom stereocenters. The fraction of sp³-hybridized carbons (Fsp3) is 0.250. The van der Waals surface area contributed by atoms with Crippen LogP contribution in [-0.2, 0) is 6.42 Å². The molecule has 2 aromatic rings. The molecule has 0 aliphatic carbocycles. The van der Waals surface area contributed by atoms with E-state index in [0.29, 0.717) is 35.5 Å². The molecule has 0 spiro atoms. The Morgan fingerprint density at radius 3 is 3.00 bits per heavy atom. The highest BCUT2D eigenvalue weighted by Crippen LogP contribution is 2.47. The Balaban J connectivity index is 2.51. The Hall–Kier alpha value is -2.17. The van der Waals surface area contributed by atoms with Crippen LogP contribution >= 0.6 is 0 Å². The lowest BCUT2D eigenvalue weighted by Crippen LogP contribution is -1.98. The predicted molar refractivity (Wildman–Crippen MR) is 59.9 cm³/mol. The number of phenols is 1. The Bertz CT molecular complexity index is 656. The summed E-state index contributed by atoms with van der Waals surface area (Å²) in [6, 6.07) is 2.79. The minimum absolute atomic E-state index is 0.0945. The number of benzene rings is 1. The monoisotopic (exact) mass is 234 g/mol. The van der Waals surface area contributed by atoms with Crippen molar-refractivity contribution in [1.29, 1.82) is 0 Å². The van der Waals surface area contributed by atoms with Crippen molar-refractivity contribution in [2.75, 3.05) is 13.7 Å². The van der Waals surface area contributed by atoms with Crippen molar-refractivity contribution in [2.45, 2.75) is 6.42 Å². The average molecular weight is 234 g/mol. The van der Waals surface area contributed by atoms with Crippen LogP contribution in [0.3, 0.4) is 0 Å². The number of phenolic OH excluding ortho intramolecular Hbond substituents is 1. The Morgan fingerprint density at radius 1 is 1.41 bits per heavy atom. The maximum absolute atomic E-state index is 11.2. The first-order valence-corrected chi connectivity index (χ1v) is 5.21. The summed E-state index contributed by atoms with van der Waals surface area (Å²) >= 11 is 0. The third-order valence-electron chi connectivity index (χ3n) is 2.86. The van der Waals surface area contributed by atoms with Crippen LogP contribution in [0.5, 0.6) is 17.2 Å². The highest BCUT2D eigenvalue weighted by atomic mass is 16.5. The standard InChI is InChI=1S/C12H10O5/c1-15-12-10-7(4-5-16-10)9(14)6-2-3-8(13)17-11(6)12/h2-3,14H,4-5H2,1H3. The van der Waals surface area contributed by atoms with Gasteiger partial charge >= 0.3 is 5.63 Å². The molecule has 2 heterocycles. The molecule has 0 radical (unpaired) electrons. The Morgan fingerprint density at radius 2 is 2.24 bits per heavy atom. The first kappa shape index (κ1) is 10.0. The number of aromatic hydroxyl groups is 1. The van der Waals surface area contributed by atoms with Gasteiger partial charge in [-0.05, 0) is 6.07 Å². The highest BCUT2D eigenvalue weighted by Gasteiger charge is 2.26. The molecule has 5 heteroatoms. The van der Waals surface area contributed by atoms with Crippen LogP contribution in [-0.4, -0.2) is 18.8 Å². The molecule has 0 amide bonds. The van der Waals surface area contributed by atoms with E-state index in [1.807, 2.05) is 0 Å². The molecular formula is C12H10O5. The topological polar surface area (TPSA) is 68.9 Å². The fourth-order valence-electron chi connectivity index (χ4n) is 2.11. The van der Waals surface area contributed by atoms with Gasteiger partial charge in [0.05, 0.1) is 19.1 Å². The van der Waals surface area contributed by atoms with Gasteiger partial charge in [-0.2, -0.15) is 0 Å². The van der Waals surface area contributed by atoms with Gasteiger partial charge in [0, 0.05) is 18.1 Å². The van der Waals surface area contributed by atoms with E-state index in [2.05, 4.69) is 0 Å². The first-order chi connectivity index (χ1) is 8.22. The van der Waals surface area contributed by atoms with E-state index in [1.54, 1.807) is 0 Å². The number of hydrogen-bond acceptors (Lipinski definition) is 5. The van der Waals surface area contributed by atoms with Gasteiger partial charge in [-0.15, -0.1) is 0 Å². The third-order valence-corrected chi connectivity index (χ3v) is 2.86. The maximum atomic E-state index is 11.2. The summed E-state index contributed by atoms with van der Waals surface area (Å²) in [5.41, 5.74) is 0.425.